The number of hydrogen-bond acceptors (Lipinski definition) is 3. The maximum absolute atomic E-state index is 12.6. The third-order valence-corrected chi connectivity index (χ3v) is 4.59. The topological polar surface area (TPSA) is 67.4 Å². The average Bonchev–Trinajstić information content (AvgIpc) is 2.75. The van der Waals surface area contributed by atoms with Crippen LogP contribution >= 0.6 is 0 Å². The van der Waals surface area contributed by atoms with Gasteiger partial charge >= 0.3 is 0 Å². The van der Waals surface area contributed by atoms with Gasteiger partial charge in [0.15, 0.2) is 0 Å². The molecule has 0 atom stereocenters. The van der Waals surface area contributed by atoms with Gasteiger partial charge in [-0.25, -0.2) is 0 Å². The van der Waals surface area contributed by atoms with E-state index in [4.69, 9.17) is 4.74 Å². The van der Waals surface area contributed by atoms with Gasteiger partial charge in [-0.05, 0) is 49.2 Å². The highest BCUT2D eigenvalue weighted by Gasteiger charge is 2.13. The fraction of sp³-hybridized carbons (Fsp3) is 0.417. The zero-order chi connectivity index (χ0) is 20.9. The highest BCUT2D eigenvalue weighted by molar-refractivity contribution is 6.09. The number of nitrogens with one attached hydrogen (secondary N) is 2. The van der Waals surface area contributed by atoms with Crippen molar-refractivity contribution in [2.45, 2.75) is 52.4 Å². The van der Waals surface area contributed by atoms with Gasteiger partial charge < -0.3 is 15.4 Å². The second kappa shape index (κ2) is 12.6. The molecule has 0 aliphatic carbocycles. The van der Waals surface area contributed by atoms with Gasteiger partial charge in [-0.2, -0.15) is 0 Å². The van der Waals surface area contributed by atoms with E-state index < -0.39 is 0 Å². The quantitative estimate of drug-likeness (QED) is 0.470. The number of para-hydroxylation sites is 1. The van der Waals surface area contributed by atoms with E-state index in [0.717, 1.165) is 18.6 Å². The maximum Gasteiger partial charge on any atom is 0.255 e. The highest BCUT2D eigenvalue weighted by Crippen LogP contribution is 2.18. The van der Waals surface area contributed by atoms with Gasteiger partial charge in [0.1, 0.15) is 5.75 Å². The van der Waals surface area contributed by atoms with Crippen LogP contribution in [0.25, 0.3) is 0 Å². The third kappa shape index (κ3) is 7.60. The molecule has 2 rings (SSSR count). The first-order valence-electron chi connectivity index (χ1n) is 10.6. The first-order valence-corrected chi connectivity index (χ1v) is 10.6. The fourth-order valence-electron chi connectivity index (χ4n) is 2.92. The molecule has 0 aliphatic rings. The number of unbranched alkanes of at least 4 members (excludes halogenated alkanes) is 4. The molecular formula is C24H32N2O3. The zero-order valence-corrected chi connectivity index (χ0v) is 17.5. The van der Waals surface area contributed by atoms with E-state index in [-0.39, 0.29) is 11.8 Å². The van der Waals surface area contributed by atoms with E-state index in [1.165, 1.54) is 25.7 Å². The van der Waals surface area contributed by atoms with Gasteiger partial charge in [0.2, 0.25) is 0 Å². The van der Waals surface area contributed by atoms with E-state index in [9.17, 15) is 9.59 Å². The molecule has 2 amide bonds. The monoisotopic (exact) mass is 396 g/mol. The fourth-order valence-corrected chi connectivity index (χ4v) is 2.92. The van der Waals surface area contributed by atoms with Gasteiger partial charge in [0.25, 0.3) is 11.8 Å². The minimum Gasteiger partial charge on any atom is -0.494 e. The summed E-state index contributed by atoms with van der Waals surface area (Å²) in [5, 5.41) is 5.67. The Morgan fingerprint density at radius 1 is 0.828 bits per heavy atom. The van der Waals surface area contributed by atoms with Crippen LogP contribution in [0.3, 0.4) is 0 Å². The van der Waals surface area contributed by atoms with Crippen LogP contribution in [-0.4, -0.2) is 25.0 Å². The summed E-state index contributed by atoms with van der Waals surface area (Å²) in [4.78, 5) is 24.9. The van der Waals surface area contributed by atoms with Gasteiger partial charge in [0, 0.05) is 12.1 Å². The van der Waals surface area contributed by atoms with Crippen molar-refractivity contribution >= 4 is 17.5 Å². The molecule has 0 bridgehead atoms. The maximum atomic E-state index is 12.6. The summed E-state index contributed by atoms with van der Waals surface area (Å²) in [7, 11) is 0. The molecular weight excluding hydrogens is 364 g/mol. The van der Waals surface area contributed by atoms with E-state index >= 15 is 0 Å². The Hall–Kier alpha value is -2.82. The van der Waals surface area contributed by atoms with Crippen molar-refractivity contribution in [3.05, 3.63) is 59.7 Å². The Kier molecular flexibility index (Phi) is 9.76. The van der Waals surface area contributed by atoms with Crippen LogP contribution in [0.5, 0.6) is 5.75 Å². The van der Waals surface area contributed by atoms with E-state index in [0.29, 0.717) is 30.0 Å². The van der Waals surface area contributed by atoms with Gasteiger partial charge in [0.05, 0.1) is 17.9 Å². The molecule has 29 heavy (non-hydrogen) atoms. The van der Waals surface area contributed by atoms with Gasteiger partial charge in [-0.1, -0.05) is 51.7 Å². The molecule has 0 aromatic heterocycles. The molecule has 156 valence electrons. The number of hydrogen-bond donors (Lipinski definition) is 2. The largest absolute Gasteiger partial charge is 0.494 e. The normalized spacial score (nSPS) is 10.4. The predicted molar refractivity (Wildman–Crippen MR) is 118 cm³/mol. The van der Waals surface area contributed by atoms with E-state index in [2.05, 4.69) is 17.6 Å². The smallest absolute Gasteiger partial charge is 0.255 e. The summed E-state index contributed by atoms with van der Waals surface area (Å²) in [6, 6.07) is 14.1. The van der Waals surface area contributed by atoms with Crippen molar-refractivity contribution in [1.82, 2.24) is 5.32 Å². The molecule has 0 fully saturated rings. The number of anilines is 1. The van der Waals surface area contributed by atoms with Crippen molar-refractivity contribution in [3.8, 4) is 5.75 Å². The minimum atomic E-state index is -0.258. The summed E-state index contributed by atoms with van der Waals surface area (Å²) in [6.07, 6.45) is 6.83. The summed E-state index contributed by atoms with van der Waals surface area (Å²) < 4.78 is 5.74. The molecule has 0 saturated carbocycles. The SMILES string of the molecule is CCCCCCCOc1ccc(C(=O)Nc2ccccc2C(=O)NCCC)cc1. The Balaban J connectivity index is 1.90. The van der Waals surface area contributed by atoms with Crippen LogP contribution in [0.2, 0.25) is 0 Å². The van der Waals surface area contributed by atoms with Gasteiger partial charge in [-0.3, -0.25) is 9.59 Å². The second-order valence-corrected chi connectivity index (χ2v) is 7.04. The first kappa shape index (κ1) is 22.5. The minimum absolute atomic E-state index is 0.189. The van der Waals surface area contributed by atoms with Crippen molar-refractivity contribution < 1.29 is 14.3 Å². The molecule has 2 aromatic carbocycles. The van der Waals surface area contributed by atoms with Gasteiger partial charge in [-0.15, -0.1) is 0 Å². The first-order chi connectivity index (χ1) is 14.2. The molecule has 0 unspecified atom stereocenters. The summed E-state index contributed by atoms with van der Waals surface area (Å²) >= 11 is 0. The number of carbonyl (C=O) groups excluding carboxylic acids is 2. The number of benzene rings is 2. The zero-order valence-electron chi connectivity index (χ0n) is 17.5. The summed E-state index contributed by atoms with van der Waals surface area (Å²) in [6.45, 7) is 5.48. The average molecular weight is 397 g/mol. The number of ether oxygens (including phenoxy) is 1. The molecule has 5 heteroatoms. The molecule has 2 N–H and O–H groups in total. The number of amides is 2. The molecule has 0 spiro atoms. The lowest BCUT2D eigenvalue weighted by Crippen LogP contribution is -2.25. The standard InChI is InChI=1S/C24H32N2O3/c1-3-5-6-7-10-18-29-20-15-13-19(14-16-20)23(27)26-22-12-9-8-11-21(22)24(28)25-17-4-2/h8-9,11-16H,3-7,10,17-18H2,1-2H3,(H,25,28)(H,26,27). The lowest BCUT2D eigenvalue weighted by atomic mass is 10.1. The van der Waals surface area contributed by atoms with Crippen LogP contribution in [0, 0.1) is 0 Å². The predicted octanol–water partition coefficient (Wildman–Crippen LogP) is 5.43. The Labute approximate surface area is 173 Å². The number of carbonyl (C=O) groups is 2. The molecule has 5 nitrogen and oxygen atoms in total. The molecule has 0 aliphatic heterocycles. The van der Waals surface area contributed by atoms with Crippen LogP contribution in [-0.2, 0) is 0 Å². The highest BCUT2D eigenvalue weighted by atomic mass is 16.5. The summed E-state index contributed by atoms with van der Waals surface area (Å²) in [5.74, 6) is 0.314. The second-order valence-electron chi connectivity index (χ2n) is 7.04. The molecule has 0 radical (unpaired) electrons. The Morgan fingerprint density at radius 3 is 2.28 bits per heavy atom. The lowest BCUT2D eigenvalue weighted by molar-refractivity contribution is 0.0954. The Morgan fingerprint density at radius 2 is 1.55 bits per heavy atom. The van der Waals surface area contributed by atoms with Crippen LogP contribution in [0.15, 0.2) is 48.5 Å². The Bertz CT molecular complexity index is 772. The van der Waals surface area contributed by atoms with Crippen molar-refractivity contribution in [1.29, 1.82) is 0 Å². The van der Waals surface area contributed by atoms with Crippen molar-refractivity contribution in [2.75, 3.05) is 18.5 Å². The third-order valence-electron chi connectivity index (χ3n) is 4.59. The summed E-state index contributed by atoms with van der Waals surface area (Å²) in [5.41, 5.74) is 1.47. The van der Waals surface area contributed by atoms with Crippen molar-refractivity contribution in [2.24, 2.45) is 0 Å². The lowest BCUT2D eigenvalue weighted by Gasteiger charge is -2.12. The van der Waals surface area contributed by atoms with Crippen LogP contribution in [0.1, 0.15) is 73.1 Å². The van der Waals surface area contributed by atoms with Crippen LogP contribution in [0.4, 0.5) is 5.69 Å². The van der Waals surface area contributed by atoms with Crippen molar-refractivity contribution in [3.63, 3.8) is 0 Å². The van der Waals surface area contributed by atoms with Crippen LogP contribution < -0.4 is 15.4 Å². The number of rotatable bonds is 12. The molecule has 0 heterocycles. The van der Waals surface area contributed by atoms with E-state index in [1.54, 1.807) is 48.5 Å². The van der Waals surface area contributed by atoms with E-state index in [1.807, 2.05) is 6.92 Å². The molecule has 0 saturated heterocycles. The molecule has 2 aromatic rings.